The zero-order valence-electron chi connectivity index (χ0n) is 22.5. The number of Topliss-reactive ketones (excluding diaryl/α,β-unsaturated/α-hetero) is 1. The van der Waals surface area contributed by atoms with Crippen molar-refractivity contribution in [3.63, 3.8) is 0 Å². The standard InChI is InChI=1S/C30H46O4/c1-25(2)14-15-30(24(33)34)19(16-25)18-8-9-21-27(5)12-11-22(31)26(3,4)20(27)10-13-28(21,6)29(18,7)17-23(30)32/h8,19-21,23,32H,9-17H2,1-7H3,(H,33,34)/t19-,20-,21+,23+,27-,28+,29+,30+/m0/s1. The first kappa shape index (κ1) is 24.5. The Kier molecular flexibility index (Phi) is 5.04. The summed E-state index contributed by atoms with van der Waals surface area (Å²) in [5.74, 6) is 0.342. The Morgan fingerprint density at radius 2 is 1.62 bits per heavy atom. The molecule has 5 aliphatic rings. The monoisotopic (exact) mass is 470 g/mol. The molecule has 0 amide bonds. The molecule has 8 atom stereocenters. The third-order valence-corrected chi connectivity index (χ3v) is 12.8. The smallest absolute Gasteiger partial charge is 0.312 e. The van der Waals surface area contributed by atoms with E-state index in [1.807, 2.05) is 0 Å². The first-order chi connectivity index (χ1) is 15.6. The number of hydrogen-bond acceptors (Lipinski definition) is 3. The lowest BCUT2D eigenvalue weighted by Gasteiger charge is -2.71. The van der Waals surface area contributed by atoms with Gasteiger partial charge < -0.3 is 10.2 Å². The summed E-state index contributed by atoms with van der Waals surface area (Å²) in [6.07, 6.45) is 9.08. The van der Waals surface area contributed by atoms with Crippen molar-refractivity contribution in [1.82, 2.24) is 0 Å². The van der Waals surface area contributed by atoms with Crippen molar-refractivity contribution >= 4 is 11.8 Å². The lowest BCUT2D eigenvalue weighted by Crippen LogP contribution is -2.67. The van der Waals surface area contributed by atoms with Crippen LogP contribution in [-0.4, -0.2) is 28.1 Å². The molecule has 0 bridgehead atoms. The van der Waals surface area contributed by atoms with Crippen molar-refractivity contribution in [3.8, 4) is 0 Å². The van der Waals surface area contributed by atoms with Crippen LogP contribution in [0.15, 0.2) is 11.6 Å². The minimum atomic E-state index is -1.05. The van der Waals surface area contributed by atoms with Crippen molar-refractivity contribution in [2.45, 2.75) is 112 Å². The van der Waals surface area contributed by atoms with Gasteiger partial charge in [0.25, 0.3) is 0 Å². The summed E-state index contributed by atoms with van der Waals surface area (Å²) in [6.45, 7) is 16.1. The van der Waals surface area contributed by atoms with Crippen LogP contribution < -0.4 is 0 Å². The fourth-order valence-electron chi connectivity index (χ4n) is 10.5. The number of aliphatic hydroxyl groups is 1. The molecule has 4 nitrogen and oxygen atoms in total. The molecular weight excluding hydrogens is 424 g/mol. The largest absolute Gasteiger partial charge is 0.481 e. The number of aliphatic hydroxyl groups excluding tert-OH is 1. The quantitative estimate of drug-likeness (QED) is 0.434. The second kappa shape index (κ2) is 6.99. The van der Waals surface area contributed by atoms with Crippen molar-refractivity contribution in [2.24, 2.45) is 50.2 Å². The van der Waals surface area contributed by atoms with Crippen LogP contribution in [0.2, 0.25) is 0 Å². The number of fused-ring (bicyclic) bond motifs is 7. The molecule has 2 N–H and O–H groups in total. The molecule has 4 heteroatoms. The van der Waals surface area contributed by atoms with E-state index in [1.54, 1.807) is 0 Å². The minimum absolute atomic E-state index is 0.00790. The molecule has 34 heavy (non-hydrogen) atoms. The molecule has 0 aromatic heterocycles. The van der Waals surface area contributed by atoms with Gasteiger partial charge in [0.2, 0.25) is 0 Å². The molecule has 0 unspecified atom stereocenters. The molecule has 0 spiro atoms. The van der Waals surface area contributed by atoms with Crippen LogP contribution in [0.25, 0.3) is 0 Å². The Morgan fingerprint density at radius 3 is 2.26 bits per heavy atom. The molecular formula is C30H46O4. The van der Waals surface area contributed by atoms with Crippen LogP contribution in [-0.2, 0) is 9.59 Å². The fourth-order valence-corrected chi connectivity index (χ4v) is 10.5. The minimum Gasteiger partial charge on any atom is -0.481 e. The third kappa shape index (κ3) is 2.75. The van der Waals surface area contributed by atoms with E-state index in [-0.39, 0.29) is 33.0 Å². The van der Waals surface area contributed by atoms with Gasteiger partial charge in [-0.05, 0) is 90.8 Å². The van der Waals surface area contributed by atoms with Crippen LogP contribution in [0.5, 0.6) is 0 Å². The van der Waals surface area contributed by atoms with Crippen LogP contribution in [0.4, 0.5) is 0 Å². The number of rotatable bonds is 1. The first-order valence-corrected chi connectivity index (χ1v) is 13.7. The predicted octanol–water partition coefficient (Wildman–Crippen LogP) is 6.41. The number of carboxylic acid groups (broad SMARTS) is 1. The van der Waals surface area contributed by atoms with E-state index >= 15 is 0 Å². The van der Waals surface area contributed by atoms with Gasteiger partial charge in [-0.2, -0.15) is 0 Å². The van der Waals surface area contributed by atoms with E-state index in [9.17, 15) is 19.8 Å². The Bertz CT molecular complexity index is 961. The number of carboxylic acids is 1. The lowest BCUT2D eigenvalue weighted by atomic mass is 9.33. The Hall–Kier alpha value is -1.16. The molecule has 0 radical (unpaired) electrons. The first-order valence-electron chi connectivity index (χ1n) is 13.7. The maximum Gasteiger partial charge on any atom is 0.312 e. The molecule has 4 fully saturated rings. The summed E-state index contributed by atoms with van der Waals surface area (Å²) in [6, 6.07) is 0. The average Bonchev–Trinajstić information content (AvgIpc) is 2.71. The number of ketones is 1. The van der Waals surface area contributed by atoms with Crippen LogP contribution in [0.3, 0.4) is 0 Å². The van der Waals surface area contributed by atoms with E-state index in [0.717, 1.165) is 38.5 Å². The maximum atomic E-state index is 12.9. The SMILES string of the molecule is CC1(C)CC[C@]2(C(=O)O)[C@H](O)C[C@]3(C)C(=CC[C@@H]4[C@@]5(C)CCC(=O)C(C)(C)[C@@H]5CC[C@]43C)[C@@H]2C1. The van der Waals surface area contributed by atoms with Gasteiger partial charge in [-0.25, -0.2) is 0 Å². The fraction of sp³-hybridized carbons (Fsp3) is 0.867. The second-order valence-corrected chi connectivity index (χ2v) is 14.9. The van der Waals surface area contributed by atoms with E-state index < -0.39 is 17.5 Å². The zero-order valence-corrected chi connectivity index (χ0v) is 22.5. The van der Waals surface area contributed by atoms with Gasteiger partial charge in [0, 0.05) is 11.8 Å². The Morgan fingerprint density at radius 1 is 0.941 bits per heavy atom. The van der Waals surface area contributed by atoms with Gasteiger partial charge in [0.05, 0.1) is 6.10 Å². The molecule has 5 rings (SSSR count). The summed E-state index contributed by atoms with van der Waals surface area (Å²) >= 11 is 0. The molecule has 0 aliphatic heterocycles. The highest BCUT2D eigenvalue weighted by atomic mass is 16.4. The highest BCUT2D eigenvalue weighted by Crippen LogP contribution is 2.75. The van der Waals surface area contributed by atoms with Gasteiger partial charge in [0.15, 0.2) is 0 Å². The number of hydrogen-bond donors (Lipinski definition) is 2. The summed E-state index contributed by atoms with van der Waals surface area (Å²) in [5.41, 5.74) is -0.0510. The maximum absolute atomic E-state index is 12.9. The molecule has 5 aliphatic carbocycles. The van der Waals surface area contributed by atoms with Gasteiger partial charge in [-0.15, -0.1) is 0 Å². The van der Waals surface area contributed by atoms with Crippen LogP contribution in [0, 0.1) is 50.2 Å². The topological polar surface area (TPSA) is 74.6 Å². The van der Waals surface area contributed by atoms with Gasteiger partial charge in [-0.1, -0.05) is 60.1 Å². The van der Waals surface area contributed by atoms with Crippen molar-refractivity contribution < 1.29 is 19.8 Å². The Balaban J connectivity index is 1.64. The van der Waals surface area contributed by atoms with Gasteiger partial charge in [-0.3, -0.25) is 9.59 Å². The third-order valence-electron chi connectivity index (χ3n) is 12.8. The van der Waals surface area contributed by atoms with E-state index in [4.69, 9.17) is 0 Å². The number of allylic oxidation sites excluding steroid dienone is 2. The molecule has 0 aromatic rings. The summed E-state index contributed by atoms with van der Waals surface area (Å²) in [5, 5.41) is 22.2. The van der Waals surface area contributed by atoms with Crippen LogP contribution >= 0.6 is 0 Å². The predicted molar refractivity (Wildman–Crippen MR) is 133 cm³/mol. The molecule has 0 saturated heterocycles. The summed E-state index contributed by atoms with van der Waals surface area (Å²) in [4.78, 5) is 25.7. The normalized spacial score (nSPS) is 51.3. The van der Waals surface area contributed by atoms with E-state index in [0.29, 0.717) is 36.9 Å². The Labute approximate surface area is 206 Å². The molecule has 190 valence electrons. The molecule has 0 aromatic carbocycles. The highest BCUT2D eigenvalue weighted by molar-refractivity contribution is 5.85. The molecule has 0 heterocycles. The number of carbonyl (C=O) groups excluding carboxylic acids is 1. The van der Waals surface area contributed by atoms with E-state index in [2.05, 4.69) is 54.5 Å². The second-order valence-electron chi connectivity index (χ2n) is 14.9. The summed E-state index contributed by atoms with van der Waals surface area (Å²) < 4.78 is 0. The highest BCUT2D eigenvalue weighted by Gasteiger charge is 2.71. The summed E-state index contributed by atoms with van der Waals surface area (Å²) in [7, 11) is 0. The molecule has 4 saturated carbocycles. The number of aliphatic carboxylic acids is 1. The van der Waals surface area contributed by atoms with Crippen molar-refractivity contribution in [1.29, 1.82) is 0 Å². The lowest BCUT2D eigenvalue weighted by molar-refractivity contribution is -0.206. The van der Waals surface area contributed by atoms with Crippen LogP contribution in [0.1, 0.15) is 106 Å². The van der Waals surface area contributed by atoms with Crippen molar-refractivity contribution in [3.05, 3.63) is 11.6 Å². The van der Waals surface area contributed by atoms with Crippen molar-refractivity contribution in [2.75, 3.05) is 0 Å². The average molecular weight is 471 g/mol. The van der Waals surface area contributed by atoms with Gasteiger partial charge in [0.1, 0.15) is 11.2 Å². The zero-order chi connectivity index (χ0) is 25.1. The van der Waals surface area contributed by atoms with Gasteiger partial charge >= 0.3 is 5.97 Å². The number of carbonyl (C=O) groups is 2. The van der Waals surface area contributed by atoms with E-state index in [1.165, 1.54) is 5.57 Å².